The van der Waals surface area contributed by atoms with E-state index in [1.165, 1.54) is 9.80 Å². The highest BCUT2D eigenvalue weighted by molar-refractivity contribution is 6.15. The molecule has 0 radical (unpaired) electrons. The first kappa shape index (κ1) is 18.5. The summed E-state index contributed by atoms with van der Waals surface area (Å²) < 4.78 is 5.33. The van der Waals surface area contributed by atoms with E-state index in [1.807, 2.05) is 0 Å². The molecule has 3 aliphatic rings. The lowest BCUT2D eigenvalue weighted by atomic mass is 9.95. The van der Waals surface area contributed by atoms with Crippen LogP contribution in [0.1, 0.15) is 49.9 Å². The summed E-state index contributed by atoms with van der Waals surface area (Å²) in [5.74, 6) is -1.69. The molecular weight excluding hydrogens is 362 g/mol. The number of benzene rings is 1. The lowest BCUT2D eigenvalue weighted by molar-refractivity contribution is -0.161. The average molecular weight is 385 g/mol. The second-order valence-corrected chi connectivity index (χ2v) is 7.75. The van der Waals surface area contributed by atoms with Gasteiger partial charge in [-0.25, -0.2) is 4.79 Å². The molecule has 2 fully saturated rings. The van der Waals surface area contributed by atoms with Gasteiger partial charge >= 0.3 is 5.97 Å². The summed E-state index contributed by atoms with van der Waals surface area (Å²) in [7, 11) is 0. The van der Waals surface area contributed by atoms with Crippen LogP contribution < -0.4 is 10.2 Å². The number of esters is 1. The number of rotatable bonds is 5. The molecule has 8 nitrogen and oxygen atoms in total. The van der Waals surface area contributed by atoms with Crippen molar-refractivity contribution in [1.82, 2.24) is 10.2 Å². The third-order valence-corrected chi connectivity index (χ3v) is 5.42. The molecule has 0 aromatic heterocycles. The number of nitrogens with one attached hydrogen (secondary N) is 1. The Labute approximate surface area is 162 Å². The minimum atomic E-state index is -1.56. The van der Waals surface area contributed by atoms with E-state index in [0.717, 1.165) is 12.8 Å². The molecular formula is C20H23N3O5. The number of hydrogen-bond donors (Lipinski definition) is 1. The predicted octanol–water partition coefficient (Wildman–Crippen LogP) is 1.20. The van der Waals surface area contributed by atoms with Gasteiger partial charge in [-0.05, 0) is 38.8 Å². The first-order valence-electron chi connectivity index (χ1n) is 9.58. The zero-order valence-electron chi connectivity index (χ0n) is 15.9. The van der Waals surface area contributed by atoms with E-state index in [4.69, 9.17) is 4.74 Å². The molecule has 2 aliphatic heterocycles. The van der Waals surface area contributed by atoms with E-state index in [1.54, 1.807) is 38.1 Å². The van der Waals surface area contributed by atoms with Gasteiger partial charge in [0.2, 0.25) is 11.6 Å². The first-order chi connectivity index (χ1) is 13.4. The molecule has 0 spiro atoms. The van der Waals surface area contributed by atoms with Crippen LogP contribution in [-0.2, 0) is 19.1 Å². The predicted molar refractivity (Wildman–Crippen MR) is 99.3 cm³/mol. The van der Waals surface area contributed by atoms with Crippen LogP contribution in [0.4, 0.5) is 5.69 Å². The van der Waals surface area contributed by atoms with Gasteiger partial charge in [0, 0.05) is 24.9 Å². The van der Waals surface area contributed by atoms with Crippen LogP contribution in [0.15, 0.2) is 24.3 Å². The summed E-state index contributed by atoms with van der Waals surface area (Å²) >= 11 is 0. The zero-order valence-corrected chi connectivity index (χ0v) is 15.9. The second-order valence-electron chi connectivity index (χ2n) is 7.75. The number of nitrogens with zero attached hydrogens (tertiary/aromatic N) is 2. The summed E-state index contributed by atoms with van der Waals surface area (Å²) in [6.45, 7) is 3.16. The van der Waals surface area contributed by atoms with Crippen molar-refractivity contribution in [1.29, 1.82) is 0 Å². The summed E-state index contributed by atoms with van der Waals surface area (Å²) in [4.78, 5) is 54.0. The van der Waals surface area contributed by atoms with Crippen molar-refractivity contribution < 1.29 is 23.9 Å². The Bertz CT molecular complexity index is 863. The molecule has 1 aliphatic carbocycles. The van der Waals surface area contributed by atoms with Crippen LogP contribution in [0.5, 0.6) is 0 Å². The molecule has 1 aromatic carbocycles. The number of carbonyl (C=O) groups excluding carboxylic acids is 4. The number of anilines is 1. The first-order valence-corrected chi connectivity index (χ1v) is 9.58. The summed E-state index contributed by atoms with van der Waals surface area (Å²) in [5, 5.41) is 2.76. The van der Waals surface area contributed by atoms with Crippen LogP contribution in [0, 0.1) is 0 Å². The van der Waals surface area contributed by atoms with Gasteiger partial charge in [0.1, 0.15) is 0 Å². The third-order valence-electron chi connectivity index (χ3n) is 5.42. The molecule has 2 heterocycles. The van der Waals surface area contributed by atoms with E-state index in [-0.39, 0.29) is 42.6 Å². The number of amides is 3. The van der Waals surface area contributed by atoms with Crippen LogP contribution >= 0.6 is 0 Å². The average Bonchev–Trinajstić information content (AvgIpc) is 3.40. The number of ether oxygens (including phenoxy) is 1. The van der Waals surface area contributed by atoms with Gasteiger partial charge in [0.25, 0.3) is 11.8 Å². The highest BCUT2D eigenvalue weighted by Gasteiger charge is 2.62. The van der Waals surface area contributed by atoms with Crippen LogP contribution in [0.2, 0.25) is 0 Å². The van der Waals surface area contributed by atoms with Crippen molar-refractivity contribution in [2.45, 2.75) is 57.3 Å². The molecule has 148 valence electrons. The summed E-state index contributed by atoms with van der Waals surface area (Å²) in [5.41, 5.74) is -0.774. The maximum absolute atomic E-state index is 13.2. The quantitative estimate of drug-likeness (QED) is 0.769. The van der Waals surface area contributed by atoms with Crippen molar-refractivity contribution in [3.05, 3.63) is 29.8 Å². The van der Waals surface area contributed by atoms with Gasteiger partial charge in [0.15, 0.2) is 6.61 Å². The molecule has 8 heteroatoms. The van der Waals surface area contributed by atoms with Gasteiger partial charge in [-0.3, -0.25) is 19.3 Å². The number of hydrogen-bond acceptors (Lipinski definition) is 5. The van der Waals surface area contributed by atoms with Crippen molar-refractivity contribution in [3.8, 4) is 0 Å². The molecule has 3 amide bonds. The summed E-state index contributed by atoms with van der Waals surface area (Å²) in [6.07, 6.45) is 2.11. The van der Waals surface area contributed by atoms with Gasteiger partial charge in [0.05, 0.1) is 11.3 Å². The lowest BCUT2D eigenvalue weighted by Crippen LogP contribution is -2.70. The molecule has 1 atom stereocenters. The van der Waals surface area contributed by atoms with E-state index >= 15 is 0 Å². The van der Waals surface area contributed by atoms with Gasteiger partial charge < -0.3 is 15.0 Å². The monoisotopic (exact) mass is 385 g/mol. The molecule has 1 saturated heterocycles. The largest absolute Gasteiger partial charge is 0.452 e. The molecule has 1 N–H and O–H groups in total. The maximum Gasteiger partial charge on any atom is 0.354 e. The molecule has 0 bridgehead atoms. The topological polar surface area (TPSA) is 96.0 Å². The molecule has 0 unspecified atom stereocenters. The highest BCUT2D eigenvalue weighted by Crippen LogP contribution is 2.45. The maximum atomic E-state index is 13.2. The Balaban J connectivity index is 1.70. The Hall–Kier alpha value is -2.90. The Morgan fingerprint density at radius 1 is 1.25 bits per heavy atom. The standard InChI is InChI=1S/C20H23N3O5/c1-12(2)22-18(26)14-5-3-4-6-15(14)23-17(25)9-10-20(22,23)19(27)28-11-16(24)21-13-7-8-13/h3-6,12-13H,7-11H2,1-2H3,(H,21,24)/t20-/m0/s1. The SMILES string of the molecule is CC(C)N1C(=O)c2ccccc2N2C(=O)CC[C@@]21C(=O)OCC(=O)NC1CC1. The molecule has 28 heavy (non-hydrogen) atoms. The van der Waals surface area contributed by atoms with Crippen molar-refractivity contribution in [2.75, 3.05) is 11.5 Å². The van der Waals surface area contributed by atoms with Crippen LogP contribution in [0.3, 0.4) is 0 Å². The minimum absolute atomic E-state index is 0.119. The van der Waals surface area contributed by atoms with E-state index in [0.29, 0.717) is 11.3 Å². The molecule has 4 rings (SSSR count). The normalized spacial score (nSPS) is 23.5. The smallest absolute Gasteiger partial charge is 0.354 e. The molecule has 1 aromatic rings. The van der Waals surface area contributed by atoms with Crippen molar-refractivity contribution >= 4 is 29.4 Å². The number of fused-ring (bicyclic) bond motifs is 3. The summed E-state index contributed by atoms with van der Waals surface area (Å²) in [6, 6.07) is 6.57. The Morgan fingerprint density at radius 2 is 1.96 bits per heavy atom. The van der Waals surface area contributed by atoms with Gasteiger partial charge in [-0.1, -0.05) is 12.1 Å². The minimum Gasteiger partial charge on any atom is -0.452 e. The Kier molecular flexibility index (Phi) is 4.36. The second kappa shape index (κ2) is 6.61. The number of carbonyl (C=O) groups is 4. The fourth-order valence-electron chi connectivity index (χ4n) is 4.12. The van der Waals surface area contributed by atoms with E-state index in [2.05, 4.69) is 5.32 Å². The number of para-hydroxylation sites is 1. The fraction of sp³-hybridized carbons (Fsp3) is 0.500. The molecule has 1 saturated carbocycles. The van der Waals surface area contributed by atoms with Gasteiger partial charge in [-0.2, -0.15) is 0 Å². The van der Waals surface area contributed by atoms with Crippen LogP contribution in [-0.4, -0.2) is 52.9 Å². The van der Waals surface area contributed by atoms with E-state index < -0.39 is 18.2 Å². The van der Waals surface area contributed by atoms with E-state index in [9.17, 15) is 19.2 Å². The van der Waals surface area contributed by atoms with Gasteiger partial charge in [-0.15, -0.1) is 0 Å². The van der Waals surface area contributed by atoms with Crippen molar-refractivity contribution in [3.63, 3.8) is 0 Å². The van der Waals surface area contributed by atoms with Crippen LogP contribution in [0.25, 0.3) is 0 Å². The third kappa shape index (κ3) is 2.75. The zero-order chi connectivity index (χ0) is 20.1. The fourth-order valence-corrected chi connectivity index (χ4v) is 4.12. The highest BCUT2D eigenvalue weighted by atomic mass is 16.5. The Morgan fingerprint density at radius 3 is 2.64 bits per heavy atom. The lowest BCUT2D eigenvalue weighted by Gasteiger charge is -2.50. The van der Waals surface area contributed by atoms with Crippen molar-refractivity contribution in [2.24, 2.45) is 0 Å².